The molecule has 106 valence electrons. The van der Waals surface area contributed by atoms with Gasteiger partial charge in [0.25, 0.3) is 5.92 Å². The van der Waals surface area contributed by atoms with E-state index in [1.807, 2.05) is 0 Å². The van der Waals surface area contributed by atoms with Crippen molar-refractivity contribution in [3.8, 4) is 5.75 Å². The minimum Gasteiger partial charge on any atom is -0.493 e. The number of nitrogens with zero attached hydrogens (tertiary/aromatic N) is 1. The van der Waals surface area contributed by atoms with Gasteiger partial charge in [0.2, 0.25) is 0 Å². The molecular weight excluding hydrogens is 250 g/mol. The normalized spacial score (nSPS) is 18.1. The van der Waals surface area contributed by atoms with Crippen LogP contribution in [0.25, 0.3) is 0 Å². The van der Waals surface area contributed by atoms with Gasteiger partial charge in [0.05, 0.1) is 24.5 Å². The van der Waals surface area contributed by atoms with Crippen molar-refractivity contribution in [1.82, 2.24) is 0 Å². The van der Waals surface area contributed by atoms with Crippen LogP contribution < -0.4 is 15.4 Å². The molecule has 0 bridgehead atoms. The zero-order valence-corrected chi connectivity index (χ0v) is 11.3. The number of ether oxygens (including phenoxy) is 1. The number of alkyl halides is 2. The fourth-order valence-electron chi connectivity index (χ4n) is 2.09. The summed E-state index contributed by atoms with van der Waals surface area (Å²) >= 11 is 0. The Balaban J connectivity index is 2.13. The van der Waals surface area contributed by atoms with Gasteiger partial charge in [-0.15, -0.1) is 0 Å². The molecule has 0 aromatic heterocycles. The van der Waals surface area contributed by atoms with E-state index in [4.69, 9.17) is 10.5 Å². The number of nitrogens with two attached hydrogens (primary N) is 1. The zero-order chi connectivity index (χ0) is 14.0. The fourth-order valence-corrected chi connectivity index (χ4v) is 2.09. The van der Waals surface area contributed by atoms with Crippen LogP contribution in [0.3, 0.4) is 0 Å². The predicted octanol–water partition coefficient (Wildman–Crippen LogP) is 3.15. The van der Waals surface area contributed by atoms with E-state index in [1.54, 1.807) is 23.1 Å². The van der Waals surface area contributed by atoms with Crippen LogP contribution in [0.15, 0.2) is 18.2 Å². The summed E-state index contributed by atoms with van der Waals surface area (Å²) in [5, 5.41) is 0. The van der Waals surface area contributed by atoms with Gasteiger partial charge in [0, 0.05) is 19.0 Å². The maximum Gasteiger partial charge on any atom is 0.266 e. The van der Waals surface area contributed by atoms with Gasteiger partial charge in [-0.25, -0.2) is 8.78 Å². The zero-order valence-electron chi connectivity index (χ0n) is 11.3. The van der Waals surface area contributed by atoms with Crippen LogP contribution in [0.1, 0.15) is 20.3 Å². The van der Waals surface area contributed by atoms with E-state index in [-0.39, 0.29) is 13.0 Å². The highest BCUT2D eigenvalue weighted by molar-refractivity contribution is 5.70. The number of halogens is 2. The highest BCUT2D eigenvalue weighted by Gasteiger charge is 2.38. The van der Waals surface area contributed by atoms with Crippen LogP contribution in [0.2, 0.25) is 0 Å². The molecule has 1 heterocycles. The van der Waals surface area contributed by atoms with Crippen molar-refractivity contribution in [2.75, 3.05) is 30.3 Å². The lowest BCUT2D eigenvalue weighted by Gasteiger charge is -2.21. The summed E-state index contributed by atoms with van der Waals surface area (Å²) in [5.41, 5.74) is 7.02. The van der Waals surface area contributed by atoms with E-state index < -0.39 is 5.92 Å². The Morgan fingerprint density at radius 3 is 2.74 bits per heavy atom. The SMILES string of the molecule is CC(C)COc1ccc(N)c(N2CCC(F)(F)C2)c1. The number of benzene rings is 1. The van der Waals surface area contributed by atoms with Gasteiger partial charge in [0.1, 0.15) is 5.75 Å². The van der Waals surface area contributed by atoms with Gasteiger partial charge in [-0.3, -0.25) is 0 Å². The lowest BCUT2D eigenvalue weighted by Crippen LogP contribution is -2.25. The number of hydrogen-bond donors (Lipinski definition) is 1. The van der Waals surface area contributed by atoms with E-state index in [0.29, 0.717) is 36.2 Å². The first-order valence-corrected chi connectivity index (χ1v) is 6.52. The van der Waals surface area contributed by atoms with E-state index in [1.165, 1.54) is 0 Å². The molecule has 0 amide bonds. The number of hydrogen-bond acceptors (Lipinski definition) is 3. The molecule has 0 spiro atoms. The van der Waals surface area contributed by atoms with Gasteiger partial charge < -0.3 is 15.4 Å². The first kappa shape index (κ1) is 13.9. The summed E-state index contributed by atoms with van der Waals surface area (Å²) in [6.45, 7) is 4.76. The van der Waals surface area contributed by atoms with Crippen LogP contribution >= 0.6 is 0 Å². The molecule has 1 fully saturated rings. The first-order valence-electron chi connectivity index (χ1n) is 6.52. The summed E-state index contributed by atoms with van der Waals surface area (Å²) in [6.07, 6.45) is -0.122. The minimum atomic E-state index is -2.62. The molecule has 5 heteroatoms. The molecule has 1 aromatic carbocycles. The number of nitrogen functional groups attached to an aromatic ring is 1. The number of anilines is 2. The lowest BCUT2D eigenvalue weighted by atomic mass is 10.2. The molecule has 0 atom stereocenters. The number of rotatable bonds is 4. The Labute approximate surface area is 112 Å². The van der Waals surface area contributed by atoms with Crippen LogP contribution in [-0.2, 0) is 0 Å². The first-order chi connectivity index (χ1) is 8.87. The average molecular weight is 270 g/mol. The molecule has 0 radical (unpaired) electrons. The highest BCUT2D eigenvalue weighted by Crippen LogP contribution is 2.35. The second kappa shape index (κ2) is 5.23. The maximum absolute atomic E-state index is 13.3. The van der Waals surface area contributed by atoms with Crippen molar-refractivity contribution < 1.29 is 13.5 Å². The van der Waals surface area contributed by atoms with Crippen LogP contribution in [0.5, 0.6) is 5.75 Å². The van der Waals surface area contributed by atoms with E-state index in [2.05, 4.69) is 13.8 Å². The summed E-state index contributed by atoms with van der Waals surface area (Å²) in [4.78, 5) is 1.62. The fraction of sp³-hybridized carbons (Fsp3) is 0.571. The maximum atomic E-state index is 13.3. The average Bonchev–Trinajstić information content (AvgIpc) is 2.68. The molecular formula is C14H20F2N2O. The lowest BCUT2D eigenvalue weighted by molar-refractivity contribution is 0.0257. The van der Waals surface area contributed by atoms with Crippen LogP contribution in [0, 0.1) is 5.92 Å². The van der Waals surface area contributed by atoms with Gasteiger partial charge >= 0.3 is 0 Å². The van der Waals surface area contributed by atoms with Crippen molar-refractivity contribution in [3.63, 3.8) is 0 Å². The standard InChI is InChI=1S/C14H20F2N2O/c1-10(2)8-19-11-3-4-12(17)13(7-11)18-6-5-14(15,16)9-18/h3-4,7,10H,5-6,8-9,17H2,1-2H3. The van der Waals surface area contributed by atoms with Crippen molar-refractivity contribution in [1.29, 1.82) is 0 Å². The van der Waals surface area contributed by atoms with Crippen LogP contribution in [-0.4, -0.2) is 25.6 Å². The molecule has 0 aliphatic carbocycles. The molecule has 3 nitrogen and oxygen atoms in total. The smallest absolute Gasteiger partial charge is 0.266 e. The summed E-state index contributed by atoms with van der Waals surface area (Å²) < 4.78 is 32.1. The van der Waals surface area contributed by atoms with Gasteiger partial charge in [-0.1, -0.05) is 13.8 Å². The molecule has 0 saturated carbocycles. The van der Waals surface area contributed by atoms with Crippen molar-refractivity contribution in [2.45, 2.75) is 26.2 Å². The monoisotopic (exact) mass is 270 g/mol. The largest absolute Gasteiger partial charge is 0.493 e. The summed E-state index contributed by atoms with van der Waals surface area (Å²) in [7, 11) is 0. The Kier molecular flexibility index (Phi) is 3.83. The minimum absolute atomic E-state index is 0.122. The molecule has 0 unspecified atom stereocenters. The van der Waals surface area contributed by atoms with Crippen molar-refractivity contribution in [2.24, 2.45) is 5.92 Å². The Hall–Kier alpha value is -1.52. The van der Waals surface area contributed by atoms with Crippen molar-refractivity contribution in [3.05, 3.63) is 18.2 Å². The van der Waals surface area contributed by atoms with E-state index in [0.717, 1.165) is 0 Å². The van der Waals surface area contributed by atoms with Gasteiger partial charge in [0.15, 0.2) is 0 Å². The molecule has 19 heavy (non-hydrogen) atoms. The quantitative estimate of drug-likeness (QED) is 0.854. The third-order valence-corrected chi connectivity index (χ3v) is 3.10. The summed E-state index contributed by atoms with van der Waals surface area (Å²) in [5.74, 6) is -1.54. The molecule has 1 saturated heterocycles. The van der Waals surface area contributed by atoms with E-state index in [9.17, 15) is 8.78 Å². The van der Waals surface area contributed by atoms with Crippen LogP contribution in [0.4, 0.5) is 20.2 Å². The third-order valence-electron chi connectivity index (χ3n) is 3.10. The molecule has 2 rings (SSSR count). The molecule has 1 aromatic rings. The predicted molar refractivity (Wildman–Crippen MR) is 73.0 cm³/mol. The Morgan fingerprint density at radius 2 is 2.16 bits per heavy atom. The molecule has 1 aliphatic heterocycles. The molecule has 1 aliphatic rings. The second-order valence-corrected chi connectivity index (χ2v) is 5.45. The van der Waals surface area contributed by atoms with Gasteiger partial charge in [-0.05, 0) is 18.1 Å². The Bertz CT molecular complexity index is 449. The topological polar surface area (TPSA) is 38.5 Å². The second-order valence-electron chi connectivity index (χ2n) is 5.45. The highest BCUT2D eigenvalue weighted by atomic mass is 19.3. The van der Waals surface area contributed by atoms with E-state index >= 15 is 0 Å². The van der Waals surface area contributed by atoms with Crippen molar-refractivity contribution >= 4 is 11.4 Å². The van der Waals surface area contributed by atoms with Gasteiger partial charge in [-0.2, -0.15) is 0 Å². The molecule has 2 N–H and O–H groups in total. The summed E-state index contributed by atoms with van der Waals surface area (Å²) in [6, 6.07) is 5.23. The third kappa shape index (κ3) is 3.49. The Morgan fingerprint density at radius 1 is 1.42 bits per heavy atom.